The summed E-state index contributed by atoms with van der Waals surface area (Å²) in [5.74, 6) is -2.50. The van der Waals surface area contributed by atoms with Crippen molar-refractivity contribution < 1.29 is 36.4 Å². The Morgan fingerprint density at radius 2 is 2.03 bits per heavy atom. The molecule has 0 aliphatic carbocycles. The van der Waals surface area contributed by atoms with Gasteiger partial charge in [0.1, 0.15) is 17.6 Å². The minimum Gasteiger partial charge on any atom is -0.469 e. The van der Waals surface area contributed by atoms with Gasteiger partial charge in [-0.05, 0) is 12.1 Å². The Balaban J connectivity index is 1.88. The normalized spacial score (nSPS) is 12.5. The van der Waals surface area contributed by atoms with Crippen LogP contribution in [0.25, 0.3) is 11.4 Å². The van der Waals surface area contributed by atoms with Gasteiger partial charge in [0, 0.05) is 18.7 Å². The highest BCUT2D eigenvalue weighted by molar-refractivity contribution is 5.93. The fourth-order valence-electron chi connectivity index (χ4n) is 2.62. The van der Waals surface area contributed by atoms with Gasteiger partial charge in [0.25, 0.3) is 5.91 Å². The van der Waals surface area contributed by atoms with E-state index in [4.69, 9.17) is 4.52 Å². The van der Waals surface area contributed by atoms with Crippen molar-refractivity contribution in [2.75, 3.05) is 7.11 Å². The summed E-state index contributed by atoms with van der Waals surface area (Å²) in [5, 5.41) is 9.32. The van der Waals surface area contributed by atoms with E-state index in [1.807, 2.05) is 0 Å². The molecule has 13 heteroatoms. The highest BCUT2D eigenvalue weighted by Crippen LogP contribution is 2.28. The van der Waals surface area contributed by atoms with Crippen LogP contribution in [0.4, 0.5) is 17.6 Å². The van der Waals surface area contributed by atoms with Crippen molar-refractivity contribution in [2.45, 2.75) is 18.6 Å². The Kier molecular flexibility index (Phi) is 6.04. The van der Waals surface area contributed by atoms with Crippen LogP contribution in [-0.4, -0.2) is 38.9 Å². The Morgan fingerprint density at radius 1 is 1.29 bits per heavy atom. The SMILES string of the molecule is COC(=O)CC(NC(=O)c1cc(C(F)(F)F)nn1C)c1nc(-c2cccc(F)c2)no1. The number of hydrogen-bond acceptors (Lipinski definition) is 7. The van der Waals surface area contributed by atoms with Gasteiger partial charge in [-0.2, -0.15) is 23.3 Å². The molecule has 3 rings (SSSR count). The number of aryl methyl sites for hydroxylation is 1. The number of carbonyl (C=O) groups is 2. The second kappa shape index (κ2) is 8.53. The van der Waals surface area contributed by atoms with Crippen LogP contribution < -0.4 is 5.32 Å². The van der Waals surface area contributed by atoms with Crippen LogP contribution in [0.15, 0.2) is 34.9 Å². The van der Waals surface area contributed by atoms with E-state index in [2.05, 4.69) is 25.3 Å². The third kappa shape index (κ3) is 5.05. The number of alkyl halides is 3. The van der Waals surface area contributed by atoms with E-state index in [0.717, 1.165) is 24.9 Å². The van der Waals surface area contributed by atoms with Crippen molar-refractivity contribution in [2.24, 2.45) is 7.05 Å². The lowest BCUT2D eigenvalue weighted by atomic mass is 10.2. The van der Waals surface area contributed by atoms with Crippen molar-refractivity contribution in [1.82, 2.24) is 25.2 Å². The molecule has 0 fully saturated rings. The third-order valence-corrected chi connectivity index (χ3v) is 4.13. The Hall–Kier alpha value is -3.77. The molecule has 2 aromatic heterocycles. The predicted octanol–water partition coefficient (Wildman–Crippen LogP) is 2.66. The maximum atomic E-state index is 13.4. The summed E-state index contributed by atoms with van der Waals surface area (Å²) in [6.07, 6.45) is -5.19. The smallest absolute Gasteiger partial charge is 0.435 e. The lowest BCUT2D eigenvalue weighted by Crippen LogP contribution is -2.32. The van der Waals surface area contributed by atoms with E-state index in [9.17, 15) is 27.2 Å². The minimum atomic E-state index is -4.74. The van der Waals surface area contributed by atoms with Crippen LogP contribution in [0.5, 0.6) is 0 Å². The second-order valence-electron chi connectivity index (χ2n) is 6.31. The highest BCUT2D eigenvalue weighted by Gasteiger charge is 2.36. The zero-order valence-corrected chi connectivity index (χ0v) is 16.1. The Bertz CT molecular complexity index is 1110. The average Bonchev–Trinajstić information content (AvgIpc) is 3.34. The molecule has 1 N–H and O–H groups in total. The first-order chi connectivity index (χ1) is 14.6. The maximum absolute atomic E-state index is 13.4. The molecule has 0 radical (unpaired) electrons. The number of rotatable bonds is 6. The van der Waals surface area contributed by atoms with Gasteiger partial charge in [0.05, 0.1) is 13.5 Å². The summed E-state index contributed by atoms with van der Waals surface area (Å²) in [6, 6.07) is 4.65. The number of esters is 1. The first-order valence-corrected chi connectivity index (χ1v) is 8.67. The number of aromatic nitrogens is 4. The Labute approximate surface area is 172 Å². The van der Waals surface area contributed by atoms with E-state index < -0.39 is 47.7 Å². The summed E-state index contributed by atoms with van der Waals surface area (Å²) in [4.78, 5) is 28.4. The summed E-state index contributed by atoms with van der Waals surface area (Å²) in [7, 11) is 2.28. The van der Waals surface area contributed by atoms with Gasteiger partial charge in [0.2, 0.25) is 11.7 Å². The van der Waals surface area contributed by atoms with Gasteiger partial charge in [-0.1, -0.05) is 17.3 Å². The molecular formula is C18H15F4N5O4. The third-order valence-electron chi connectivity index (χ3n) is 4.13. The maximum Gasteiger partial charge on any atom is 0.435 e. The number of amides is 1. The van der Waals surface area contributed by atoms with Crippen LogP contribution in [0.3, 0.4) is 0 Å². The van der Waals surface area contributed by atoms with Crippen molar-refractivity contribution in [3.63, 3.8) is 0 Å². The molecule has 2 heterocycles. The molecular weight excluding hydrogens is 426 g/mol. The molecule has 0 saturated carbocycles. The molecule has 0 aliphatic heterocycles. The van der Waals surface area contributed by atoms with Crippen LogP contribution in [0, 0.1) is 5.82 Å². The quantitative estimate of drug-likeness (QED) is 0.462. The van der Waals surface area contributed by atoms with E-state index in [1.54, 1.807) is 0 Å². The van der Waals surface area contributed by atoms with Crippen LogP contribution in [-0.2, 0) is 22.8 Å². The first kappa shape index (κ1) is 21.9. The van der Waals surface area contributed by atoms with Crippen molar-refractivity contribution in [3.8, 4) is 11.4 Å². The molecule has 1 unspecified atom stereocenters. The van der Waals surface area contributed by atoms with E-state index in [0.29, 0.717) is 6.07 Å². The zero-order chi connectivity index (χ0) is 22.8. The van der Waals surface area contributed by atoms with Crippen molar-refractivity contribution >= 4 is 11.9 Å². The van der Waals surface area contributed by atoms with Crippen LogP contribution in [0.1, 0.15) is 34.5 Å². The molecule has 1 atom stereocenters. The van der Waals surface area contributed by atoms with Gasteiger partial charge in [-0.15, -0.1) is 0 Å². The molecule has 1 aromatic carbocycles. The van der Waals surface area contributed by atoms with E-state index in [-0.39, 0.29) is 17.3 Å². The van der Waals surface area contributed by atoms with Crippen molar-refractivity contribution in [3.05, 3.63) is 53.4 Å². The molecule has 0 saturated heterocycles. The average molecular weight is 441 g/mol. The molecule has 164 valence electrons. The molecule has 3 aromatic rings. The lowest BCUT2D eigenvalue weighted by Gasteiger charge is -2.13. The van der Waals surface area contributed by atoms with Crippen LogP contribution in [0.2, 0.25) is 0 Å². The number of benzene rings is 1. The number of nitrogens with zero attached hydrogens (tertiary/aromatic N) is 4. The molecule has 9 nitrogen and oxygen atoms in total. The molecule has 0 bridgehead atoms. The lowest BCUT2D eigenvalue weighted by molar-refractivity contribution is -0.142. The standard InChI is InChI=1S/C18H15F4N5O4/c1-27-12(8-13(25-27)18(20,21)22)16(29)23-11(7-14(28)30-2)17-24-15(26-31-17)9-4-3-5-10(19)6-9/h3-6,8,11H,7H2,1-2H3,(H,23,29). The van der Waals surface area contributed by atoms with Crippen LogP contribution >= 0.6 is 0 Å². The summed E-state index contributed by atoms with van der Waals surface area (Å²) < 4.78 is 62.4. The summed E-state index contributed by atoms with van der Waals surface area (Å²) in [6.45, 7) is 0. The number of ether oxygens (including phenoxy) is 1. The van der Waals surface area contributed by atoms with Gasteiger partial charge in [-0.25, -0.2) is 4.39 Å². The van der Waals surface area contributed by atoms with E-state index in [1.165, 1.54) is 18.2 Å². The molecule has 1 amide bonds. The molecule has 0 aliphatic rings. The number of methoxy groups -OCH3 is 1. The Morgan fingerprint density at radius 3 is 2.65 bits per heavy atom. The highest BCUT2D eigenvalue weighted by atomic mass is 19.4. The summed E-state index contributed by atoms with van der Waals surface area (Å²) >= 11 is 0. The van der Waals surface area contributed by atoms with Gasteiger partial charge >= 0.3 is 12.1 Å². The predicted molar refractivity (Wildman–Crippen MR) is 94.7 cm³/mol. The first-order valence-electron chi connectivity index (χ1n) is 8.67. The van der Waals surface area contributed by atoms with E-state index >= 15 is 0 Å². The number of halogens is 4. The fraction of sp³-hybridized carbons (Fsp3) is 0.278. The topological polar surface area (TPSA) is 112 Å². The number of carbonyl (C=O) groups excluding carboxylic acids is 2. The van der Waals surface area contributed by atoms with Gasteiger partial charge < -0.3 is 14.6 Å². The second-order valence-corrected chi connectivity index (χ2v) is 6.31. The summed E-state index contributed by atoms with van der Waals surface area (Å²) in [5.41, 5.74) is -1.39. The molecule has 31 heavy (non-hydrogen) atoms. The van der Waals surface area contributed by atoms with Gasteiger partial charge in [0.15, 0.2) is 5.69 Å². The van der Waals surface area contributed by atoms with Crippen molar-refractivity contribution in [1.29, 1.82) is 0 Å². The number of nitrogens with one attached hydrogen (secondary N) is 1. The largest absolute Gasteiger partial charge is 0.469 e. The monoisotopic (exact) mass is 441 g/mol. The zero-order valence-electron chi connectivity index (χ0n) is 16.1. The fourth-order valence-corrected chi connectivity index (χ4v) is 2.62. The number of hydrogen-bond donors (Lipinski definition) is 1. The van der Waals surface area contributed by atoms with Gasteiger partial charge in [-0.3, -0.25) is 14.3 Å². The molecule has 0 spiro atoms. The minimum absolute atomic E-state index is 0.0153.